The number of hydrogen-bond acceptors (Lipinski definition) is 7. The van der Waals surface area contributed by atoms with E-state index in [1.165, 1.54) is 18.9 Å². The fourth-order valence-electron chi connectivity index (χ4n) is 8.20. The Kier molecular flexibility index (Phi) is 10.7. The number of amides is 3. The molecule has 3 amide bonds. The van der Waals surface area contributed by atoms with Gasteiger partial charge in [-0.1, -0.05) is 58.6 Å². The minimum Gasteiger partial charge on any atom is -0.453 e. The highest BCUT2D eigenvalue weighted by Gasteiger charge is 2.51. The molecule has 3 aliphatic rings. The Morgan fingerprint density at radius 3 is 2.30 bits per heavy atom. The SMILES string of the molecule is COC(=O)N[C@H](C(=O)N1C[C@](C)(F)C[C@H]1c1ncc(-c2ccc(C#Cc3ccc4nc([C@@H]5C[C@@]6(CCCO6)CN5C(=O)[C@@H](C)C(C)C)[nH]c4c3)cc2)[nH]1)C(C)C. The van der Waals surface area contributed by atoms with E-state index in [2.05, 4.69) is 46.0 Å². The number of alkyl halides is 1. The Labute approximate surface area is 327 Å². The van der Waals surface area contributed by atoms with Crippen LogP contribution in [0.3, 0.4) is 0 Å². The Bertz CT molecular complexity index is 2160. The number of aromatic nitrogens is 4. The summed E-state index contributed by atoms with van der Waals surface area (Å²) in [6.45, 7) is 12.5. The molecule has 0 unspecified atom stereocenters. The summed E-state index contributed by atoms with van der Waals surface area (Å²) in [7, 11) is 1.24. The number of rotatable bonds is 8. The summed E-state index contributed by atoms with van der Waals surface area (Å²) < 4.78 is 26.4. The summed E-state index contributed by atoms with van der Waals surface area (Å²) in [5.74, 6) is 7.43. The molecule has 296 valence electrons. The minimum atomic E-state index is -1.62. The molecule has 0 saturated carbocycles. The van der Waals surface area contributed by atoms with Gasteiger partial charge in [-0.2, -0.15) is 0 Å². The molecule has 2 aromatic heterocycles. The van der Waals surface area contributed by atoms with Gasteiger partial charge in [0.15, 0.2) is 0 Å². The van der Waals surface area contributed by atoms with Crippen molar-refractivity contribution < 1.29 is 28.2 Å². The molecule has 0 radical (unpaired) electrons. The van der Waals surface area contributed by atoms with Crippen LogP contribution in [0.2, 0.25) is 0 Å². The third-order valence-corrected chi connectivity index (χ3v) is 11.7. The van der Waals surface area contributed by atoms with Gasteiger partial charge in [0.05, 0.1) is 60.8 Å². The Morgan fingerprint density at radius 1 is 0.929 bits per heavy atom. The van der Waals surface area contributed by atoms with E-state index in [-0.39, 0.29) is 54.2 Å². The van der Waals surface area contributed by atoms with Crippen LogP contribution in [0.15, 0.2) is 48.7 Å². The zero-order valence-electron chi connectivity index (χ0n) is 33.2. The highest BCUT2D eigenvalue weighted by Crippen LogP contribution is 2.45. The molecule has 3 fully saturated rings. The molecule has 5 heterocycles. The molecule has 3 N–H and O–H groups in total. The van der Waals surface area contributed by atoms with Crippen molar-refractivity contribution >= 4 is 28.9 Å². The number of fused-ring (bicyclic) bond motifs is 1. The van der Waals surface area contributed by atoms with Crippen LogP contribution < -0.4 is 5.32 Å². The average molecular weight is 766 g/mol. The van der Waals surface area contributed by atoms with Crippen LogP contribution in [0.5, 0.6) is 0 Å². The van der Waals surface area contributed by atoms with E-state index in [0.29, 0.717) is 12.4 Å². The number of H-pyrrole nitrogens is 2. The Morgan fingerprint density at radius 2 is 1.62 bits per heavy atom. The van der Waals surface area contributed by atoms with E-state index in [1.807, 2.05) is 68.1 Å². The van der Waals surface area contributed by atoms with Gasteiger partial charge in [0.25, 0.3) is 0 Å². The molecular formula is C43H52FN7O5. The smallest absolute Gasteiger partial charge is 0.407 e. The predicted octanol–water partition coefficient (Wildman–Crippen LogP) is 6.85. The van der Waals surface area contributed by atoms with Gasteiger partial charge in [-0.25, -0.2) is 19.2 Å². The topological polar surface area (TPSA) is 146 Å². The van der Waals surface area contributed by atoms with Crippen LogP contribution in [-0.2, 0) is 19.1 Å². The quantitative estimate of drug-likeness (QED) is 0.167. The van der Waals surface area contributed by atoms with Crippen molar-refractivity contribution in [2.75, 3.05) is 26.8 Å². The van der Waals surface area contributed by atoms with E-state index in [9.17, 15) is 14.4 Å². The lowest BCUT2D eigenvalue weighted by atomic mass is 9.96. The number of alkyl carbamates (subject to hydrolysis) is 1. The van der Waals surface area contributed by atoms with Crippen molar-refractivity contribution in [2.24, 2.45) is 17.8 Å². The zero-order valence-corrected chi connectivity index (χ0v) is 33.2. The number of nitrogens with one attached hydrogen (secondary N) is 3. The number of hydrogen-bond donors (Lipinski definition) is 3. The van der Waals surface area contributed by atoms with Crippen LogP contribution in [0.1, 0.15) is 102 Å². The molecule has 7 rings (SSSR count). The van der Waals surface area contributed by atoms with Crippen LogP contribution in [0.4, 0.5) is 9.18 Å². The molecule has 2 aromatic carbocycles. The molecule has 12 nitrogen and oxygen atoms in total. The van der Waals surface area contributed by atoms with Crippen LogP contribution in [-0.4, -0.2) is 91.8 Å². The molecule has 3 saturated heterocycles. The number of nitrogens with zero attached hydrogens (tertiary/aromatic N) is 4. The van der Waals surface area contributed by atoms with E-state index in [1.54, 1.807) is 6.20 Å². The first-order valence-electron chi connectivity index (χ1n) is 19.6. The van der Waals surface area contributed by atoms with Crippen LogP contribution in [0.25, 0.3) is 22.3 Å². The number of carbonyl (C=O) groups is 3. The Hall–Kier alpha value is -5.22. The second kappa shape index (κ2) is 15.4. The number of benzene rings is 2. The molecule has 0 aliphatic carbocycles. The number of likely N-dealkylation sites (tertiary alicyclic amines) is 2. The summed E-state index contributed by atoms with van der Waals surface area (Å²) >= 11 is 0. The number of methoxy groups -OCH3 is 1. The first-order chi connectivity index (χ1) is 26.7. The van der Waals surface area contributed by atoms with Gasteiger partial charge in [-0.05, 0) is 67.5 Å². The lowest BCUT2D eigenvalue weighted by molar-refractivity contribution is -0.138. The molecule has 4 aromatic rings. The van der Waals surface area contributed by atoms with E-state index >= 15 is 4.39 Å². The van der Waals surface area contributed by atoms with Gasteiger partial charge in [-0.15, -0.1) is 0 Å². The van der Waals surface area contributed by atoms with E-state index < -0.39 is 23.8 Å². The van der Waals surface area contributed by atoms with Gasteiger partial charge >= 0.3 is 6.09 Å². The third-order valence-electron chi connectivity index (χ3n) is 11.7. The average Bonchev–Trinajstić information content (AvgIpc) is 4.02. The lowest BCUT2D eigenvalue weighted by Gasteiger charge is -2.29. The maximum atomic E-state index is 15.4. The van der Waals surface area contributed by atoms with Gasteiger partial charge in [0.2, 0.25) is 11.8 Å². The number of aromatic amines is 2. The van der Waals surface area contributed by atoms with Crippen molar-refractivity contribution in [2.45, 2.75) is 96.6 Å². The summed E-state index contributed by atoms with van der Waals surface area (Å²) in [6, 6.07) is 11.9. The van der Waals surface area contributed by atoms with E-state index in [4.69, 9.17) is 14.5 Å². The largest absolute Gasteiger partial charge is 0.453 e. The highest BCUT2D eigenvalue weighted by atomic mass is 19.1. The normalized spacial score (nSPS) is 24.5. The molecule has 56 heavy (non-hydrogen) atoms. The van der Waals surface area contributed by atoms with Crippen LogP contribution >= 0.6 is 0 Å². The van der Waals surface area contributed by atoms with Gasteiger partial charge < -0.3 is 34.6 Å². The predicted molar refractivity (Wildman–Crippen MR) is 210 cm³/mol. The van der Waals surface area contributed by atoms with Gasteiger partial charge in [0, 0.05) is 36.5 Å². The summed E-state index contributed by atoms with van der Waals surface area (Å²) in [4.78, 5) is 59.0. The van der Waals surface area contributed by atoms with Crippen molar-refractivity contribution in [3.8, 4) is 23.1 Å². The molecule has 3 aliphatic heterocycles. The van der Waals surface area contributed by atoms with Gasteiger partial charge in [0.1, 0.15) is 23.4 Å². The van der Waals surface area contributed by atoms with Crippen molar-refractivity contribution in [3.63, 3.8) is 0 Å². The number of ether oxygens (including phenoxy) is 2. The Balaban J connectivity index is 1.05. The fraction of sp³-hybridized carbons (Fsp3) is 0.512. The molecule has 13 heteroatoms. The maximum absolute atomic E-state index is 15.4. The summed E-state index contributed by atoms with van der Waals surface area (Å²) in [6.07, 6.45) is 3.72. The molecule has 1 spiro atoms. The highest BCUT2D eigenvalue weighted by molar-refractivity contribution is 5.86. The number of halogens is 1. The summed E-state index contributed by atoms with van der Waals surface area (Å²) in [5.41, 5.74) is 2.99. The fourth-order valence-corrected chi connectivity index (χ4v) is 8.20. The first-order valence-corrected chi connectivity index (χ1v) is 19.6. The second-order valence-corrected chi connectivity index (χ2v) is 16.7. The summed E-state index contributed by atoms with van der Waals surface area (Å²) in [5, 5.41) is 2.60. The molecule has 6 atom stereocenters. The molecular weight excluding hydrogens is 714 g/mol. The maximum Gasteiger partial charge on any atom is 0.407 e. The monoisotopic (exact) mass is 765 g/mol. The minimum absolute atomic E-state index is 0.0703. The van der Waals surface area contributed by atoms with Crippen molar-refractivity contribution in [1.29, 1.82) is 0 Å². The number of imidazole rings is 2. The standard InChI is InChI=1S/C43H52FN7O5/c1-25(2)27(5)39(52)51-24-43(17-8-18-56-43)21-35(51)38-46-31-16-13-29(19-32(31)47-38)10-9-28-11-14-30(15-12-28)33-22-45-37(48-33)34-20-42(6,44)23-50(34)40(53)36(26(3)4)49-41(54)55-7/h11-16,19,22,25-27,34-36H,8,17-18,20-21,23-24H2,1-7H3,(H,45,48)(H,46,47)(H,49,54)/t27-,34-,35-,36-,42+,43-/m0/s1. The van der Waals surface area contributed by atoms with Crippen molar-refractivity contribution in [3.05, 3.63) is 71.4 Å². The van der Waals surface area contributed by atoms with Crippen molar-refractivity contribution in [1.82, 2.24) is 35.1 Å². The molecule has 0 bridgehead atoms. The zero-order chi connectivity index (χ0) is 39.9. The number of carbonyl (C=O) groups excluding carboxylic acids is 3. The van der Waals surface area contributed by atoms with Crippen LogP contribution in [0, 0.1) is 29.6 Å². The third kappa shape index (κ3) is 7.89. The van der Waals surface area contributed by atoms with E-state index in [0.717, 1.165) is 65.1 Å². The lowest BCUT2D eigenvalue weighted by Crippen LogP contribution is -2.51. The van der Waals surface area contributed by atoms with Gasteiger partial charge in [-0.3, -0.25) is 9.59 Å². The first kappa shape index (κ1) is 39.0. The second-order valence-electron chi connectivity index (χ2n) is 16.7.